The molecule has 0 amide bonds. The molecular weight excluding hydrogens is 212 g/mol. The summed E-state index contributed by atoms with van der Waals surface area (Å²) in [6.07, 6.45) is 9.58. The Bertz CT molecular complexity index is 198. The van der Waals surface area contributed by atoms with Crippen LogP contribution >= 0.6 is 0 Å². The summed E-state index contributed by atoms with van der Waals surface area (Å²) in [7, 11) is 0. The number of nitrogens with two attached hydrogens (primary N) is 1. The van der Waals surface area contributed by atoms with Crippen molar-refractivity contribution in [3.63, 3.8) is 0 Å². The van der Waals surface area contributed by atoms with Crippen LogP contribution in [-0.4, -0.2) is 29.3 Å². The van der Waals surface area contributed by atoms with Crippen molar-refractivity contribution >= 4 is 0 Å². The molecule has 3 heteroatoms. The molecule has 1 rings (SSSR count). The molecule has 0 heterocycles. The zero-order valence-electron chi connectivity index (χ0n) is 11.5. The Balaban J connectivity index is 2.52. The molecule has 1 aliphatic rings. The fraction of sp³-hybridized carbons (Fsp3) is 1.00. The summed E-state index contributed by atoms with van der Waals surface area (Å²) in [5.74, 6) is 0. The van der Waals surface area contributed by atoms with Crippen LogP contribution in [0.3, 0.4) is 0 Å². The minimum Gasteiger partial charge on any atom is -0.393 e. The molecule has 2 unspecified atom stereocenters. The largest absolute Gasteiger partial charge is 0.393 e. The first-order chi connectivity index (χ1) is 8.08. The first-order valence-corrected chi connectivity index (χ1v) is 7.24. The molecule has 0 spiro atoms. The molecule has 0 saturated heterocycles. The standard InChI is InChI=1S/C14H30N2O/c1-12(10-13(2)17)16-14(11-15)8-6-4-3-5-7-9-14/h12-13,16-17H,3-11,15H2,1-2H3. The van der Waals surface area contributed by atoms with Crippen molar-refractivity contribution in [2.45, 2.75) is 82.9 Å². The maximum absolute atomic E-state index is 9.44. The maximum atomic E-state index is 9.44. The highest BCUT2D eigenvalue weighted by molar-refractivity contribution is 4.92. The highest BCUT2D eigenvalue weighted by atomic mass is 16.3. The van der Waals surface area contributed by atoms with Crippen molar-refractivity contribution in [2.24, 2.45) is 5.73 Å². The van der Waals surface area contributed by atoms with E-state index in [-0.39, 0.29) is 11.6 Å². The SMILES string of the molecule is CC(O)CC(C)NC1(CN)CCCCCCC1. The second kappa shape index (κ2) is 7.34. The van der Waals surface area contributed by atoms with Gasteiger partial charge in [0.05, 0.1) is 6.10 Å². The van der Waals surface area contributed by atoms with E-state index in [2.05, 4.69) is 12.2 Å². The van der Waals surface area contributed by atoms with Crippen LogP contribution in [0.25, 0.3) is 0 Å². The number of hydrogen-bond acceptors (Lipinski definition) is 3. The van der Waals surface area contributed by atoms with E-state index < -0.39 is 0 Å². The summed E-state index contributed by atoms with van der Waals surface area (Å²) in [4.78, 5) is 0. The molecule has 0 aromatic heterocycles. The molecule has 0 aromatic carbocycles. The molecule has 0 aromatic rings. The molecule has 2 atom stereocenters. The van der Waals surface area contributed by atoms with Gasteiger partial charge in [0.1, 0.15) is 0 Å². The lowest BCUT2D eigenvalue weighted by Crippen LogP contribution is -2.55. The summed E-state index contributed by atoms with van der Waals surface area (Å²) >= 11 is 0. The van der Waals surface area contributed by atoms with Crippen LogP contribution in [0.2, 0.25) is 0 Å². The second-order valence-corrected chi connectivity index (χ2v) is 5.88. The van der Waals surface area contributed by atoms with Gasteiger partial charge in [-0.3, -0.25) is 0 Å². The van der Waals surface area contributed by atoms with E-state index in [1.165, 1.54) is 44.9 Å². The van der Waals surface area contributed by atoms with E-state index in [1.54, 1.807) is 0 Å². The Morgan fingerprint density at radius 1 is 1.12 bits per heavy atom. The molecule has 1 fully saturated rings. The molecular formula is C14H30N2O. The van der Waals surface area contributed by atoms with Gasteiger partial charge in [-0.15, -0.1) is 0 Å². The highest BCUT2D eigenvalue weighted by Gasteiger charge is 2.29. The van der Waals surface area contributed by atoms with Gasteiger partial charge in [0, 0.05) is 18.1 Å². The molecule has 3 nitrogen and oxygen atoms in total. The molecule has 0 aliphatic heterocycles. The fourth-order valence-corrected chi connectivity index (χ4v) is 3.08. The average Bonchev–Trinajstić information content (AvgIpc) is 2.21. The van der Waals surface area contributed by atoms with E-state index in [1.807, 2.05) is 6.92 Å². The molecule has 1 aliphatic carbocycles. The lowest BCUT2D eigenvalue weighted by molar-refractivity contribution is 0.151. The van der Waals surface area contributed by atoms with E-state index in [9.17, 15) is 5.11 Å². The average molecular weight is 242 g/mol. The molecule has 17 heavy (non-hydrogen) atoms. The van der Waals surface area contributed by atoms with Gasteiger partial charge in [-0.1, -0.05) is 32.1 Å². The van der Waals surface area contributed by atoms with E-state index in [0.717, 1.165) is 13.0 Å². The summed E-state index contributed by atoms with van der Waals surface area (Å²) in [5.41, 5.74) is 6.13. The zero-order valence-corrected chi connectivity index (χ0v) is 11.5. The third kappa shape index (κ3) is 5.36. The topological polar surface area (TPSA) is 58.3 Å². The third-order valence-electron chi connectivity index (χ3n) is 3.95. The van der Waals surface area contributed by atoms with Gasteiger partial charge in [0.2, 0.25) is 0 Å². The first-order valence-electron chi connectivity index (χ1n) is 7.24. The van der Waals surface area contributed by atoms with Crippen molar-refractivity contribution in [1.29, 1.82) is 0 Å². The van der Waals surface area contributed by atoms with Crippen LogP contribution in [0, 0.1) is 0 Å². The van der Waals surface area contributed by atoms with E-state index in [0.29, 0.717) is 6.04 Å². The van der Waals surface area contributed by atoms with Crippen LogP contribution in [0.4, 0.5) is 0 Å². The predicted octanol–water partition coefficient (Wildman–Crippen LogP) is 2.18. The van der Waals surface area contributed by atoms with E-state index in [4.69, 9.17) is 5.73 Å². The van der Waals surface area contributed by atoms with Gasteiger partial charge in [-0.05, 0) is 33.1 Å². The quantitative estimate of drug-likeness (QED) is 0.692. The Morgan fingerprint density at radius 2 is 1.65 bits per heavy atom. The highest BCUT2D eigenvalue weighted by Crippen LogP contribution is 2.26. The minimum atomic E-state index is -0.235. The lowest BCUT2D eigenvalue weighted by Gasteiger charge is -2.38. The number of hydrogen-bond donors (Lipinski definition) is 3. The lowest BCUT2D eigenvalue weighted by atomic mass is 9.83. The van der Waals surface area contributed by atoms with Crippen LogP contribution in [-0.2, 0) is 0 Å². The summed E-state index contributed by atoms with van der Waals surface area (Å²) < 4.78 is 0. The summed E-state index contributed by atoms with van der Waals surface area (Å²) in [6.45, 7) is 4.73. The van der Waals surface area contributed by atoms with E-state index >= 15 is 0 Å². The maximum Gasteiger partial charge on any atom is 0.0526 e. The molecule has 0 bridgehead atoms. The smallest absolute Gasteiger partial charge is 0.0526 e. The zero-order chi connectivity index (χ0) is 12.7. The van der Waals surface area contributed by atoms with Crippen molar-refractivity contribution in [3.05, 3.63) is 0 Å². The Morgan fingerprint density at radius 3 is 2.12 bits per heavy atom. The molecule has 4 N–H and O–H groups in total. The van der Waals surface area contributed by atoms with Gasteiger partial charge in [-0.2, -0.15) is 0 Å². The van der Waals surface area contributed by atoms with Gasteiger partial charge < -0.3 is 16.2 Å². The molecule has 0 radical (unpaired) electrons. The molecule has 102 valence electrons. The summed E-state index contributed by atoms with van der Waals surface area (Å²) in [5, 5.41) is 13.1. The van der Waals surface area contributed by atoms with Gasteiger partial charge in [0.15, 0.2) is 0 Å². The van der Waals surface area contributed by atoms with Gasteiger partial charge >= 0.3 is 0 Å². The van der Waals surface area contributed by atoms with Crippen LogP contribution in [0.15, 0.2) is 0 Å². The van der Waals surface area contributed by atoms with Crippen LogP contribution in [0.5, 0.6) is 0 Å². The number of nitrogens with one attached hydrogen (secondary N) is 1. The fourth-order valence-electron chi connectivity index (χ4n) is 3.08. The van der Waals surface area contributed by atoms with Crippen molar-refractivity contribution < 1.29 is 5.11 Å². The summed E-state index contributed by atoms with van der Waals surface area (Å²) in [6, 6.07) is 0.345. The molecule has 1 saturated carbocycles. The minimum absolute atomic E-state index is 0.120. The Labute approximate surface area is 106 Å². The van der Waals surface area contributed by atoms with Crippen molar-refractivity contribution in [2.75, 3.05) is 6.54 Å². The van der Waals surface area contributed by atoms with Crippen LogP contribution in [0.1, 0.15) is 65.2 Å². The van der Waals surface area contributed by atoms with Crippen molar-refractivity contribution in [1.82, 2.24) is 5.32 Å². The number of aliphatic hydroxyl groups excluding tert-OH is 1. The van der Waals surface area contributed by atoms with Gasteiger partial charge in [0.25, 0.3) is 0 Å². The van der Waals surface area contributed by atoms with Crippen molar-refractivity contribution in [3.8, 4) is 0 Å². The number of aliphatic hydroxyl groups is 1. The first kappa shape index (κ1) is 14.9. The Kier molecular flexibility index (Phi) is 6.45. The third-order valence-corrected chi connectivity index (χ3v) is 3.95. The normalized spacial score (nSPS) is 24.7. The second-order valence-electron chi connectivity index (χ2n) is 5.88. The number of rotatable bonds is 5. The Hall–Kier alpha value is -0.120. The monoisotopic (exact) mass is 242 g/mol. The van der Waals surface area contributed by atoms with Gasteiger partial charge in [-0.25, -0.2) is 0 Å². The predicted molar refractivity (Wildman–Crippen MR) is 73.0 cm³/mol. The van der Waals surface area contributed by atoms with Crippen LogP contribution < -0.4 is 11.1 Å².